The van der Waals surface area contributed by atoms with Crippen molar-refractivity contribution in [1.29, 1.82) is 0 Å². The fourth-order valence-electron chi connectivity index (χ4n) is 1.45. The molecule has 0 amide bonds. The minimum Gasteiger partial charge on any atom is -0.481 e. The maximum absolute atomic E-state index is 10.4. The molecule has 0 saturated carbocycles. The molecule has 8 heteroatoms. The Morgan fingerprint density at radius 2 is 2.33 bits per heavy atom. The van der Waals surface area contributed by atoms with Crippen LogP contribution in [0.4, 0.5) is 0 Å². The maximum Gasteiger partial charge on any atom is 0.314 e. The topological polar surface area (TPSA) is 94.0 Å². The van der Waals surface area contributed by atoms with Gasteiger partial charge in [-0.15, -0.1) is 10.2 Å². The van der Waals surface area contributed by atoms with Crippen molar-refractivity contribution in [3.63, 3.8) is 0 Å². The van der Waals surface area contributed by atoms with Crippen LogP contribution in [0.3, 0.4) is 0 Å². The largest absolute Gasteiger partial charge is 0.481 e. The number of carboxylic acid groups (broad SMARTS) is 1. The average molecular weight is 268 g/mol. The second-order valence-corrected chi connectivity index (χ2v) is 4.47. The monoisotopic (exact) mass is 268 g/mol. The molecule has 96 valence electrons. The lowest BCUT2D eigenvalue weighted by Crippen LogP contribution is -1.99. The van der Waals surface area contributed by atoms with Crippen molar-refractivity contribution in [2.45, 2.75) is 25.6 Å². The average Bonchev–Trinajstić information content (AvgIpc) is 2.92. The number of hydrogen-bond donors (Lipinski definition) is 1. The van der Waals surface area contributed by atoms with E-state index in [4.69, 9.17) is 9.52 Å². The van der Waals surface area contributed by atoms with Gasteiger partial charge >= 0.3 is 5.97 Å². The highest BCUT2D eigenvalue weighted by molar-refractivity contribution is 7.99. The van der Waals surface area contributed by atoms with Crippen molar-refractivity contribution >= 4 is 17.7 Å². The Bertz CT molecular complexity index is 563. The highest BCUT2D eigenvalue weighted by atomic mass is 32.2. The van der Waals surface area contributed by atoms with E-state index in [0.29, 0.717) is 12.4 Å². The number of rotatable bonds is 5. The molecule has 0 aliphatic heterocycles. The highest BCUT2D eigenvalue weighted by Crippen LogP contribution is 2.23. The van der Waals surface area contributed by atoms with Crippen LogP contribution in [-0.4, -0.2) is 36.8 Å². The molecule has 0 radical (unpaired) electrons. The quantitative estimate of drug-likeness (QED) is 0.820. The normalized spacial score (nSPS) is 10.8. The van der Waals surface area contributed by atoms with Gasteiger partial charge in [-0.05, 0) is 19.9 Å². The van der Waals surface area contributed by atoms with Gasteiger partial charge in [0.15, 0.2) is 0 Å². The molecular formula is C10H12N4O3S. The lowest BCUT2D eigenvalue weighted by molar-refractivity contribution is -0.133. The van der Waals surface area contributed by atoms with Gasteiger partial charge in [-0.1, -0.05) is 11.8 Å². The van der Waals surface area contributed by atoms with Gasteiger partial charge in [0.25, 0.3) is 11.1 Å². The molecule has 2 rings (SSSR count). The number of thioether (sulfide) groups is 1. The minimum absolute atomic E-state index is 0.103. The number of carbonyl (C=O) groups is 1. The smallest absolute Gasteiger partial charge is 0.314 e. The molecule has 0 bridgehead atoms. The third kappa shape index (κ3) is 2.70. The second-order valence-electron chi connectivity index (χ2n) is 3.54. The maximum atomic E-state index is 10.4. The molecule has 0 aromatic carbocycles. The summed E-state index contributed by atoms with van der Waals surface area (Å²) in [5, 5.41) is 20.8. The molecule has 2 aromatic heterocycles. The molecule has 0 aliphatic carbocycles. The first-order valence-electron chi connectivity index (χ1n) is 5.33. The van der Waals surface area contributed by atoms with Gasteiger partial charge in [0.1, 0.15) is 11.4 Å². The van der Waals surface area contributed by atoms with Crippen molar-refractivity contribution in [3.05, 3.63) is 11.8 Å². The summed E-state index contributed by atoms with van der Waals surface area (Å²) in [6, 6.07) is 1.85. The zero-order valence-corrected chi connectivity index (χ0v) is 10.8. The summed E-state index contributed by atoms with van der Waals surface area (Å²) in [5.74, 6) is -0.673. The van der Waals surface area contributed by atoms with Gasteiger partial charge in [-0.25, -0.2) is 0 Å². The van der Waals surface area contributed by atoms with Crippen LogP contribution in [0.5, 0.6) is 0 Å². The van der Waals surface area contributed by atoms with E-state index in [1.165, 1.54) is 0 Å². The molecule has 0 fully saturated rings. The number of nitrogens with zero attached hydrogens (tertiary/aromatic N) is 4. The first kappa shape index (κ1) is 12.6. The van der Waals surface area contributed by atoms with E-state index in [2.05, 4.69) is 15.3 Å². The van der Waals surface area contributed by atoms with E-state index in [1.54, 1.807) is 4.68 Å². The third-order valence-electron chi connectivity index (χ3n) is 2.15. The molecule has 7 nitrogen and oxygen atoms in total. The molecule has 0 unspecified atom stereocenters. The third-order valence-corrected chi connectivity index (χ3v) is 2.95. The van der Waals surface area contributed by atoms with E-state index in [0.717, 1.165) is 23.1 Å². The van der Waals surface area contributed by atoms with Gasteiger partial charge in [0.05, 0.1) is 5.69 Å². The predicted octanol–water partition coefficient (Wildman–Crippen LogP) is 1.44. The first-order chi connectivity index (χ1) is 8.60. The summed E-state index contributed by atoms with van der Waals surface area (Å²) >= 11 is 0.995. The molecule has 0 aliphatic rings. The van der Waals surface area contributed by atoms with Gasteiger partial charge in [0, 0.05) is 6.54 Å². The predicted molar refractivity (Wildman–Crippen MR) is 64.3 cm³/mol. The van der Waals surface area contributed by atoms with Crippen LogP contribution in [-0.2, 0) is 11.3 Å². The molecule has 2 heterocycles. The van der Waals surface area contributed by atoms with E-state index in [9.17, 15) is 4.79 Å². The highest BCUT2D eigenvalue weighted by Gasteiger charge is 2.15. The van der Waals surface area contributed by atoms with E-state index < -0.39 is 5.97 Å². The Labute approximate surface area is 107 Å². The van der Waals surface area contributed by atoms with Crippen LogP contribution in [0.15, 0.2) is 15.7 Å². The number of aryl methyl sites for hydroxylation is 2. The fraction of sp³-hybridized carbons (Fsp3) is 0.400. The molecular weight excluding hydrogens is 256 g/mol. The summed E-state index contributed by atoms with van der Waals surface area (Å²) in [7, 11) is 0. The van der Waals surface area contributed by atoms with Crippen LogP contribution in [0.25, 0.3) is 11.6 Å². The Morgan fingerprint density at radius 3 is 3.00 bits per heavy atom. The second kappa shape index (κ2) is 5.21. The molecule has 0 spiro atoms. The fourth-order valence-corrected chi connectivity index (χ4v) is 1.94. The minimum atomic E-state index is -0.922. The van der Waals surface area contributed by atoms with Crippen LogP contribution >= 0.6 is 11.8 Å². The van der Waals surface area contributed by atoms with Crippen molar-refractivity contribution in [3.8, 4) is 11.6 Å². The van der Waals surface area contributed by atoms with Crippen molar-refractivity contribution in [1.82, 2.24) is 20.0 Å². The molecule has 0 atom stereocenters. The molecule has 1 N–H and O–H groups in total. The summed E-state index contributed by atoms with van der Waals surface area (Å²) in [4.78, 5) is 10.4. The SMILES string of the molecule is CCn1nc(C)cc1-c1nnc(SCC(=O)O)o1. The standard InChI is InChI=1S/C10H12N4O3S/c1-3-14-7(4-6(2)13-14)9-11-12-10(17-9)18-5-8(15)16/h4H,3,5H2,1-2H3,(H,15,16). The number of hydrogen-bond acceptors (Lipinski definition) is 6. The van der Waals surface area contributed by atoms with Crippen molar-refractivity contribution in [2.75, 3.05) is 5.75 Å². The van der Waals surface area contributed by atoms with Crippen LogP contribution in [0.1, 0.15) is 12.6 Å². The Kier molecular flexibility index (Phi) is 3.66. The first-order valence-corrected chi connectivity index (χ1v) is 6.31. The summed E-state index contributed by atoms with van der Waals surface area (Å²) in [5.41, 5.74) is 1.61. The molecule has 0 saturated heterocycles. The zero-order valence-electron chi connectivity index (χ0n) is 9.95. The van der Waals surface area contributed by atoms with E-state index >= 15 is 0 Å². The molecule has 2 aromatic rings. The number of aromatic nitrogens is 4. The molecule has 18 heavy (non-hydrogen) atoms. The van der Waals surface area contributed by atoms with Crippen molar-refractivity contribution in [2.24, 2.45) is 0 Å². The lowest BCUT2D eigenvalue weighted by atomic mass is 10.4. The summed E-state index contributed by atoms with van der Waals surface area (Å²) in [6.07, 6.45) is 0. The Balaban J connectivity index is 2.20. The van der Waals surface area contributed by atoms with Gasteiger partial charge in [-0.2, -0.15) is 5.10 Å². The van der Waals surface area contributed by atoms with Crippen LogP contribution < -0.4 is 0 Å². The van der Waals surface area contributed by atoms with Crippen molar-refractivity contribution < 1.29 is 14.3 Å². The van der Waals surface area contributed by atoms with Gasteiger partial charge in [-0.3, -0.25) is 9.48 Å². The van der Waals surface area contributed by atoms with E-state index in [1.807, 2.05) is 19.9 Å². The summed E-state index contributed by atoms with van der Waals surface area (Å²) in [6.45, 7) is 4.54. The van der Waals surface area contributed by atoms with Crippen LogP contribution in [0.2, 0.25) is 0 Å². The Hall–Kier alpha value is -1.83. The summed E-state index contributed by atoms with van der Waals surface area (Å²) < 4.78 is 7.15. The van der Waals surface area contributed by atoms with E-state index in [-0.39, 0.29) is 11.0 Å². The Morgan fingerprint density at radius 1 is 1.56 bits per heavy atom. The number of carboxylic acids is 1. The zero-order chi connectivity index (χ0) is 13.1. The van der Waals surface area contributed by atoms with Gasteiger partial charge in [0.2, 0.25) is 0 Å². The lowest BCUT2D eigenvalue weighted by Gasteiger charge is -1.98. The number of aliphatic carboxylic acids is 1. The van der Waals surface area contributed by atoms with Crippen LogP contribution in [0, 0.1) is 6.92 Å². The van der Waals surface area contributed by atoms with Gasteiger partial charge < -0.3 is 9.52 Å².